The van der Waals surface area contributed by atoms with Gasteiger partial charge < -0.3 is 14.5 Å². The molecule has 5 nitrogen and oxygen atoms in total. The van der Waals surface area contributed by atoms with Crippen molar-refractivity contribution in [1.29, 1.82) is 0 Å². The maximum atomic E-state index is 13.6. The molecule has 1 N–H and O–H groups in total. The van der Waals surface area contributed by atoms with Crippen molar-refractivity contribution in [3.63, 3.8) is 0 Å². The summed E-state index contributed by atoms with van der Waals surface area (Å²) in [5.74, 6) is -11.0. The molecule has 1 aromatic carbocycles. The molecule has 2 aromatic rings. The number of anilines is 1. The predicted octanol–water partition coefficient (Wildman–Crippen LogP) is 6.10. The first-order valence-electron chi connectivity index (χ1n) is 8.46. The highest BCUT2D eigenvalue weighted by Gasteiger charge is 2.61. The molecule has 0 atom stereocenters. The van der Waals surface area contributed by atoms with Gasteiger partial charge in [-0.15, -0.1) is 11.8 Å². The van der Waals surface area contributed by atoms with Crippen LogP contribution in [0.25, 0.3) is 0 Å². The number of benzene rings is 1. The third kappa shape index (κ3) is 5.16. The number of halogens is 8. The van der Waals surface area contributed by atoms with Crippen LogP contribution in [0.4, 0.5) is 40.8 Å². The molecule has 0 aliphatic carbocycles. The SMILES string of the molecule is CCSc1cc(C(F)(F)F)ccc1C(=O)Nc1cc(C(F)(F)C(F)(F)F)oc1C(=O)OC. The minimum absolute atomic E-state index is 0.0916. The van der Waals surface area contributed by atoms with E-state index in [4.69, 9.17) is 0 Å². The van der Waals surface area contributed by atoms with Gasteiger partial charge in [-0.3, -0.25) is 4.79 Å². The molecule has 0 unspecified atom stereocenters. The van der Waals surface area contributed by atoms with Crippen molar-refractivity contribution in [2.75, 3.05) is 18.2 Å². The lowest BCUT2D eigenvalue weighted by Crippen LogP contribution is -2.33. The van der Waals surface area contributed by atoms with E-state index in [0.29, 0.717) is 12.1 Å². The highest BCUT2D eigenvalue weighted by atomic mass is 32.2. The molecule has 0 bridgehead atoms. The fourth-order valence-corrected chi connectivity index (χ4v) is 3.21. The van der Waals surface area contributed by atoms with E-state index >= 15 is 0 Å². The molecule has 0 aliphatic rings. The number of carbonyl (C=O) groups excluding carboxylic acids is 2. The summed E-state index contributed by atoms with van der Waals surface area (Å²) in [6, 6.07) is 2.17. The van der Waals surface area contributed by atoms with Gasteiger partial charge in [-0.1, -0.05) is 6.92 Å². The number of ether oxygens (including phenoxy) is 1. The number of esters is 1. The number of thioether (sulfide) groups is 1. The van der Waals surface area contributed by atoms with Crippen LogP contribution < -0.4 is 5.32 Å². The Morgan fingerprint density at radius 2 is 1.69 bits per heavy atom. The van der Waals surface area contributed by atoms with Crippen molar-refractivity contribution in [3.05, 3.63) is 46.9 Å². The largest absolute Gasteiger partial charge is 0.463 e. The monoisotopic (exact) mass is 491 g/mol. The van der Waals surface area contributed by atoms with Gasteiger partial charge in [-0.25, -0.2) is 4.79 Å². The van der Waals surface area contributed by atoms with Gasteiger partial charge in [0.15, 0.2) is 5.76 Å². The van der Waals surface area contributed by atoms with Gasteiger partial charge in [0.1, 0.15) is 0 Å². The first kappa shape index (κ1) is 25.5. The fourth-order valence-electron chi connectivity index (χ4n) is 2.37. The first-order valence-corrected chi connectivity index (χ1v) is 9.44. The minimum atomic E-state index is -6.07. The maximum Gasteiger partial charge on any atom is 0.461 e. The van der Waals surface area contributed by atoms with Crippen LogP contribution in [0.5, 0.6) is 0 Å². The van der Waals surface area contributed by atoms with Crippen LogP contribution in [0.3, 0.4) is 0 Å². The van der Waals surface area contributed by atoms with E-state index < -0.39 is 52.9 Å². The van der Waals surface area contributed by atoms with Crippen molar-refractivity contribution >= 4 is 29.3 Å². The van der Waals surface area contributed by atoms with Gasteiger partial charge in [0, 0.05) is 11.0 Å². The number of alkyl halides is 8. The van der Waals surface area contributed by atoms with Crippen molar-refractivity contribution in [1.82, 2.24) is 0 Å². The summed E-state index contributed by atoms with van der Waals surface area (Å²) in [5, 5.41) is 1.91. The Hall–Kier alpha value is -2.77. The lowest BCUT2D eigenvalue weighted by atomic mass is 10.1. The van der Waals surface area contributed by atoms with Gasteiger partial charge in [0.2, 0.25) is 5.76 Å². The molecule has 2 rings (SSSR count). The van der Waals surface area contributed by atoms with Crippen molar-refractivity contribution in [2.45, 2.75) is 30.1 Å². The van der Waals surface area contributed by atoms with E-state index in [2.05, 4.69) is 9.15 Å². The van der Waals surface area contributed by atoms with Crippen LogP contribution in [-0.2, 0) is 16.8 Å². The van der Waals surface area contributed by atoms with Crippen molar-refractivity contribution < 1.29 is 53.9 Å². The number of methoxy groups -OCH3 is 1. The summed E-state index contributed by atoms with van der Waals surface area (Å²) in [6.07, 6.45) is -10.8. The molecule has 14 heteroatoms. The van der Waals surface area contributed by atoms with Gasteiger partial charge >= 0.3 is 24.2 Å². The molecule has 0 radical (unpaired) electrons. The maximum absolute atomic E-state index is 13.6. The van der Waals surface area contributed by atoms with Crippen LogP contribution in [0.1, 0.15) is 39.2 Å². The molecule has 1 aromatic heterocycles. The summed E-state index contributed by atoms with van der Waals surface area (Å²) in [6.45, 7) is 1.59. The number of carbonyl (C=O) groups is 2. The van der Waals surface area contributed by atoms with Gasteiger partial charge in [0.05, 0.1) is 23.9 Å². The van der Waals surface area contributed by atoms with Gasteiger partial charge in [0.25, 0.3) is 5.91 Å². The Kier molecular flexibility index (Phi) is 7.17. The van der Waals surface area contributed by atoms with Crippen LogP contribution in [-0.4, -0.2) is 30.9 Å². The summed E-state index contributed by atoms with van der Waals surface area (Å²) >= 11 is 0.854. The Bertz CT molecular complexity index is 1010. The quantitative estimate of drug-likeness (QED) is 0.300. The molecular weight excluding hydrogens is 478 g/mol. The van der Waals surface area contributed by atoms with E-state index in [-0.39, 0.29) is 22.3 Å². The zero-order chi connectivity index (χ0) is 24.5. The highest BCUT2D eigenvalue weighted by Crippen LogP contribution is 2.46. The molecule has 32 heavy (non-hydrogen) atoms. The number of rotatable bonds is 6. The number of hydrogen-bond acceptors (Lipinski definition) is 5. The Morgan fingerprint density at radius 3 is 2.19 bits per heavy atom. The van der Waals surface area contributed by atoms with Crippen LogP contribution in [0, 0.1) is 0 Å². The van der Waals surface area contributed by atoms with Gasteiger partial charge in [-0.2, -0.15) is 35.1 Å². The standard InChI is InChI=1S/C18H13F8NO4S/c1-3-32-11-6-8(17(21,22)23)4-5-9(11)14(28)27-10-7-12(16(19,20)18(24,25)26)31-13(10)15(29)30-2/h4-7H,3H2,1-2H3,(H,27,28). The molecule has 0 spiro atoms. The number of hydrogen-bond donors (Lipinski definition) is 1. The lowest BCUT2D eigenvalue weighted by molar-refractivity contribution is -0.295. The number of furan rings is 1. The molecule has 0 saturated heterocycles. The first-order chi connectivity index (χ1) is 14.6. The molecule has 0 fully saturated rings. The molecule has 176 valence electrons. The average molecular weight is 491 g/mol. The van der Waals surface area contributed by atoms with E-state index in [0.717, 1.165) is 24.9 Å². The predicted molar refractivity (Wildman–Crippen MR) is 95.8 cm³/mol. The molecule has 0 saturated carbocycles. The molecular formula is C18H13F8NO4S. The van der Waals surface area contributed by atoms with Crippen molar-refractivity contribution in [2.24, 2.45) is 0 Å². The third-order valence-corrected chi connectivity index (χ3v) is 4.81. The Morgan fingerprint density at radius 1 is 1.06 bits per heavy atom. The molecule has 1 heterocycles. The average Bonchev–Trinajstić information content (AvgIpc) is 3.10. The van der Waals surface area contributed by atoms with Crippen molar-refractivity contribution in [3.8, 4) is 0 Å². The minimum Gasteiger partial charge on any atom is -0.463 e. The number of amides is 1. The number of nitrogens with one attached hydrogen (secondary N) is 1. The lowest BCUT2D eigenvalue weighted by Gasteiger charge is -2.16. The molecule has 1 amide bonds. The second-order valence-corrected chi connectivity index (χ2v) is 7.32. The van der Waals surface area contributed by atoms with E-state index in [9.17, 15) is 44.7 Å². The normalized spacial score (nSPS) is 12.6. The van der Waals surface area contributed by atoms with E-state index in [1.54, 1.807) is 6.92 Å². The van der Waals surface area contributed by atoms with E-state index in [1.807, 2.05) is 5.32 Å². The van der Waals surface area contributed by atoms with Crippen LogP contribution in [0.15, 0.2) is 33.6 Å². The molecule has 0 aliphatic heterocycles. The topological polar surface area (TPSA) is 68.5 Å². The fraction of sp³-hybridized carbons (Fsp3) is 0.333. The van der Waals surface area contributed by atoms with Crippen LogP contribution >= 0.6 is 11.8 Å². The zero-order valence-electron chi connectivity index (χ0n) is 16.1. The van der Waals surface area contributed by atoms with Gasteiger partial charge in [-0.05, 0) is 24.0 Å². The highest BCUT2D eigenvalue weighted by molar-refractivity contribution is 7.99. The summed E-state index contributed by atoms with van der Waals surface area (Å²) < 4.78 is 113. The Labute approximate surface area is 179 Å². The second-order valence-electron chi connectivity index (χ2n) is 6.01. The summed E-state index contributed by atoms with van der Waals surface area (Å²) in [5.41, 5.74) is -2.28. The van der Waals surface area contributed by atoms with Crippen LogP contribution in [0.2, 0.25) is 0 Å². The summed E-state index contributed by atoms with van der Waals surface area (Å²) in [7, 11) is 0.782. The zero-order valence-corrected chi connectivity index (χ0v) is 16.9. The van der Waals surface area contributed by atoms with E-state index in [1.165, 1.54) is 0 Å². The Balaban J connectivity index is 2.50. The second kappa shape index (κ2) is 9.00. The third-order valence-electron chi connectivity index (χ3n) is 3.87. The summed E-state index contributed by atoms with van der Waals surface area (Å²) in [4.78, 5) is 24.2. The smallest absolute Gasteiger partial charge is 0.461 e.